The van der Waals surface area contributed by atoms with E-state index in [-0.39, 0.29) is 0 Å². The third kappa shape index (κ3) is 2.13. The Morgan fingerprint density at radius 1 is 1.47 bits per heavy atom. The Bertz CT molecular complexity index is 469. The third-order valence-electron chi connectivity index (χ3n) is 3.27. The number of hydrogen-bond acceptors (Lipinski definition) is 4. The minimum Gasteiger partial charge on any atom is -0.423 e. The second-order valence-corrected chi connectivity index (χ2v) is 4.64. The fraction of sp³-hybridized carbons (Fsp3) is 0.462. The second-order valence-electron chi connectivity index (χ2n) is 4.64. The van der Waals surface area contributed by atoms with Crippen molar-refractivity contribution in [3.63, 3.8) is 0 Å². The molecule has 0 saturated carbocycles. The highest BCUT2D eigenvalue weighted by molar-refractivity contribution is 5.74. The molecule has 0 radical (unpaired) electrons. The topological polar surface area (TPSA) is 41.3 Å². The van der Waals surface area contributed by atoms with E-state index in [1.54, 1.807) is 0 Å². The average molecular weight is 231 g/mol. The van der Waals surface area contributed by atoms with Gasteiger partial charge in [0.15, 0.2) is 5.58 Å². The number of nitrogens with one attached hydrogen (secondary N) is 1. The molecule has 3 rings (SSSR count). The number of nitrogens with zero attached hydrogens (tertiary/aromatic N) is 2. The first-order valence-corrected chi connectivity index (χ1v) is 6.13. The first-order chi connectivity index (χ1) is 8.33. The highest BCUT2D eigenvalue weighted by Crippen LogP contribution is 2.21. The van der Waals surface area contributed by atoms with Gasteiger partial charge in [-0.15, -0.1) is 0 Å². The van der Waals surface area contributed by atoms with Crippen LogP contribution in [0.15, 0.2) is 28.7 Å². The van der Waals surface area contributed by atoms with Crippen molar-refractivity contribution in [3.8, 4) is 0 Å². The third-order valence-corrected chi connectivity index (χ3v) is 3.27. The van der Waals surface area contributed by atoms with E-state index in [0.29, 0.717) is 12.1 Å². The molecule has 1 saturated heterocycles. The quantitative estimate of drug-likeness (QED) is 0.877. The number of oxazole rings is 1. The van der Waals surface area contributed by atoms with Crippen LogP contribution in [-0.2, 0) is 0 Å². The van der Waals surface area contributed by atoms with Gasteiger partial charge in [0.25, 0.3) is 6.01 Å². The van der Waals surface area contributed by atoms with E-state index in [2.05, 4.69) is 15.2 Å². The van der Waals surface area contributed by atoms with Gasteiger partial charge >= 0.3 is 0 Å². The van der Waals surface area contributed by atoms with Gasteiger partial charge in [0.2, 0.25) is 0 Å². The minimum atomic E-state index is 0.565. The fourth-order valence-corrected chi connectivity index (χ4v) is 2.34. The Morgan fingerprint density at radius 2 is 2.35 bits per heavy atom. The molecule has 1 aromatic heterocycles. The van der Waals surface area contributed by atoms with Crippen LogP contribution in [0, 0.1) is 0 Å². The molecule has 0 bridgehead atoms. The number of rotatable bonds is 3. The standard InChI is InChI=1S/C13H17N3O/c1-16(9-10-5-4-8-14-10)13-15-11-6-2-3-7-12(11)17-13/h2-3,6-7,10,14H,4-5,8-9H2,1H3/t10-/m0/s1. The van der Waals surface area contributed by atoms with Gasteiger partial charge < -0.3 is 14.6 Å². The molecule has 1 fully saturated rings. The molecule has 0 unspecified atom stereocenters. The van der Waals surface area contributed by atoms with E-state index < -0.39 is 0 Å². The van der Waals surface area contributed by atoms with Crippen molar-refractivity contribution in [2.45, 2.75) is 18.9 Å². The van der Waals surface area contributed by atoms with Gasteiger partial charge in [-0.3, -0.25) is 0 Å². The lowest BCUT2D eigenvalue weighted by atomic mass is 10.2. The number of hydrogen-bond donors (Lipinski definition) is 1. The molecular formula is C13H17N3O. The van der Waals surface area contributed by atoms with E-state index in [9.17, 15) is 0 Å². The van der Waals surface area contributed by atoms with Crippen molar-refractivity contribution in [3.05, 3.63) is 24.3 Å². The SMILES string of the molecule is CN(C[C@@H]1CCCN1)c1nc2ccccc2o1. The number of anilines is 1. The summed E-state index contributed by atoms with van der Waals surface area (Å²) in [6.45, 7) is 2.08. The molecule has 4 nitrogen and oxygen atoms in total. The maximum Gasteiger partial charge on any atom is 0.298 e. The smallest absolute Gasteiger partial charge is 0.298 e. The van der Waals surface area contributed by atoms with Crippen molar-refractivity contribution in [2.75, 3.05) is 25.0 Å². The number of benzene rings is 1. The Hall–Kier alpha value is -1.55. The molecule has 1 aliphatic heterocycles. The highest BCUT2D eigenvalue weighted by Gasteiger charge is 2.18. The molecular weight excluding hydrogens is 214 g/mol. The predicted molar refractivity (Wildman–Crippen MR) is 68.3 cm³/mol. The van der Waals surface area contributed by atoms with Gasteiger partial charge in [-0.25, -0.2) is 0 Å². The molecule has 2 aromatic rings. The average Bonchev–Trinajstić information content (AvgIpc) is 2.96. The first kappa shape index (κ1) is 10.6. The molecule has 1 N–H and O–H groups in total. The zero-order chi connectivity index (χ0) is 11.7. The summed E-state index contributed by atoms with van der Waals surface area (Å²) < 4.78 is 5.73. The van der Waals surface area contributed by atoms with E-state index in [1.165, 1.54) is 12.8 Å². The first-order valence-electron chi connectivity index (χ1n) is 6.13. The van der Waals surface area contributed by atoms with Crippen molar-refractivity contribution in [1.82, 2.24) is 10.3 Å². The van der Waals surface area contributed by atoms with E-state index >= 15 is 0 Å². The van der Waals surface area contributed by atoms with Crippen LogP contribution in [0.4, 0.5) is 6.01 Å². The lowest BCUT2D eigenvalue weighted by Gasteiger charge is -2.19. The van der Waals surface area contributed by atoms with Gasteiger partial charge in [-0.1, -0.05) is 12.1 Å². The maximum atomic E-state index is 5.73. The number of para-hydroxylation sites is 2. The van der Waals surface area contributed by atoms with Crippen molar-refractivity contribution < 1.29 is 4.42 Å². The summed E-state index contributed by atoms with van der Waals surface area (Å²) in [5, 5.41) is 3.48. The number of aromatic nitrogens is 1. The summed E-state index contributed by atoms with van der Waals surface area (Å²) in [6.07, 6.45) is 2.51. The van der Waals surface area contributed by atoms with Crippen LogP contribution in [0.2, 0.25) is 0 Å². The van der Waals surface area contributed by atoms with Crippen LogP contribution in [-0.4, -0.2) is 31.2 Å². The summed E-state index contributed by atoms with van der Waals surface area (Å²) in [5.74, 6) is 0. The summed E-state index contributed by atoms with van der Waals surface area (Å²) in [7, 11) is 2.03. The largest absolute Gasteiger partial charge is 0.423 e. The van der Waals surface area contributed by atoms with Crippen LogP contribution in [0.5, 0.6) is 0 Å². The van der Waals surface area contributed by atoms with Gasteiger partial charge in [0.1, 0.15) is 5.52 Å². The summed E-state index contributed by atoms with van der Waals surface area (Å²) >= 11 is 0. The van der Waals surface area contributed by atoms with Crippen molar-refractivity contribution >= 4 is 17.1 Å². The molecule has 2 heterocycles. The molecule has 0 spiro atoms. The van der Waals surface area contributed by atoms with Crippen LogP contribution in [0.25, 0.3) is 11.1 Å². The molecule has 17 heavy (non-hydrogen) atoms. The maximum absolute atomic E-state index is 5.73. The van der Waals surface area contributed by atoms with E-state index in [4.69, 9.17) is 4.42 Å². The predicted octanol–water partition coefficient (Wildman–Crippen LogP) is 2.02. The van der Waals surface area contributed by atoms with Crippen molar-refractivity contribution in [1.29, 1.82) is 0 Å². The Morgan fingerprint density at radius 3 is 3.12 bits per heavy atom. The van der Waals surface area contributed by atoms with Gasteiger partial charge in [-0.05, 0) is 31.5 Å². The van der Waals surface area contributed by atoms with Gasteiger partial charge in [0, 0.05) is 19.6 Å². The molecule has 0 aliphatic carbocycles. The molecule has 0 amide bonds. The molecule has 90 valence electrons. The van der Waals surface area contributed by atoms with E-state index in [1.807, 2.05) is 31.3 Å². The minimum absolute atomic E-state index is 0.565. The highest BCUT2D eigenvalue weighted by atomic mass is 16.4. The summed E-state index contributed by atoms with van der Waals surface area (Å²) in [4.78, 5) is 6.57. The van der Waals surface area contributed by atoms with Crippen LogP contribution >= 0.6 is 0 Å². The number of fused-ring (bicyclic) bond motifs is 1. The van der Waals surface area contributed by atoms with Crippen LogP contribution in [0.3, 0.4) is 0 Å². The van der Waals surface area contributed by atoms with E-state index in [0.717, 1.165) is 24.2 Å². The molecule has 1 aromatic carbocycles. The monoisotopic (exact) mass is 231 g/mol. The van der Waals surface area contributed by atoms with Crippen LogP contribution in [0.1, 0.15) is 12.8 Å². The van der Waals surface area contributed by atoms with Gasteiger partial charge in [-0.2, -0.15) is 4.98 Å². The Labute approximate surface area is 101 Å². The van der Waals surface area contributed by atoms with Gasteiger partial charge in [0.05, 0.1) is 0 Å². The van der Waals surface area contributed by atoms with Crippen LogP contribution < -0.4 is 10.2 Å². The Kier molecular flexibility index (Phi) is 2.73. The second kappa shape index (κ2) is 4.37. The molecule has 4 heteroatoms. The lowest BCUT2D eigenvalue weighted by Crippen LogP contribution is -2.35. The van der Waals surface area contributed by atoms with Crippen molar-refractivity contribution in [2.24, 2.45) is 0 Å². The Balaban J connectivity index is 1.77. The normalized spacial score (nSPS) is 19.9. The summed E-state index contributed by atoms with van der Waals surface area (Å²) in [5.41, 5.74) is 1.78. The number of likely N-dealkylation sites (N-methyl/N-ethyl adjacent to an activating group) is 1. The lowest BCUT2D eigenvalue weighted by molar-refractivity contribution is 0.541. The zero-order valence-corrected chi connectivity index (χ0v) is 10.0. The molecule has 1 aliphatic rings. The summed E-state index contributed by atoms with van der Waals surface area (Å²) in [6, 6.07) is 9.15. The fourth-order valence-electron chi connectivity index (χ4n) is 2.34. The molecule has 1 atom stereocenters. The zero-order valence-electron chi connectivity index (χ0n) is 10.0.